The third-order valence-electron chi connectivity index (χ3n) is 4.64. The summed E-state index contributed by atoms with van der Waals surface area (Å²) in [6, 6.07) is 7.70. The molecular weight excluding hydrogens is 316 g/mol. The van der Waals surface area contributed by atoms with Gasteiger partial charge in [-0.15, -0.1) is 0 Å². The van der Waals surface area contributed by atoms with Crippen molar-refractivity contribution >= 4 is 5.91 Å². The molecule has 1 amide bonds. The Morgan fingerprint density at radius 3 is 2.68 bits per heavy atom. The van der Waals surface area contributed by atoms with Gasteiger partial charge in [0, 0.05) is 25.6 Å². The van der Waals surface area contributed by atoms with Crippen LogP contribution in [0.4, 0.5) is 0 Å². The SMILES string of the molecule is COc1ccc(OCCCN2CCC[C@@H](CNC(=O)C(C)C)C2)cc1. The highest BCUT2D eigenvalue weighted by molar-refractivity contribution is 5.77. The number of carbonyl (C=O) groups excluding carboxylic acids is 1. The summed E-state index contributed by atoms with van der Waals surface area (Å²) in [6.45, 7) is 8.66. The second kappa shape index (κ2) is 10.3. The number of nitrogens with one attached hydrogen (secondary N) is 1. The number of amides is 1. The van der Waals surface area contributed by atoms with Crippen molar-refractivity contribution in [1.82, 2.24) is 10.2 Å². The first-order valence-corrected chi connectivity index (χ1v) is 9.35. The molecule has 1 fully saturated rings. The molecule has 1 atom stereocenters. The van der Waals surface area contributed by atoms with Gasteiger partial charge in [-0.1, -0.05) is 13.8 Å². The van der Waals surface area contributed by atoms with Gasteiger partial charge in [0.2, 0.25) is 5.91 Å². The predicted octanol–water partition coefficient (Wildman–Crippen LogP) is 2.95. The zero-order chi connectivity index (χ0) is 18.1. The smallest absolute Gasteiger partial charge is 0.222 e. The first-order chi connectivity index (χ1) is 12.1. The predicted molar refractivity (Wildman–Crippen MR) is 100 cm³/mol. The molecule has 2 rings (SSSR count). The Labute approximate surface area is 151 Å². The minimum atomic E-state index is 0.0646. The normalized spacial score (nSPS) is 18.2. The molecule has 0 unspecified atom stereocenters. The number of likely N-dealkylation sites (tertiary alicyclic amines) is 1. The lowest BCUT2D eigenvalue weighted by atomic mass is 9.97. The quantitative estimate of drug-likeness (QED) is 0.697. The lowest BCUT2D eigenvalue weighted by Crippen LogP contribution is -2.42. The molecule has 1 aliphatic heterocycles. The van der Waals surface area contributed by atoms with Crippen molar-refractivity contribution in [3.63, 3.8) is 0 Å². The molecule has 0 saturated carbocycles. The van der Waals surface area contributed by atoms with Crippen molar-refractivity contribution < 1.29 is 14.3 Å². The number of benzene rings is 1. The van der Waals surface area contributed by atoms with Crippen LogP contribution in [0.1, 0.15) is 33.1 Å². The maximum absolute atomic E-state index is 11.7. The van der Waals surface area contributed by atoms with Crippen LogP contribution >= 0.6 is 0 Å². The van der Waals surface area contributed by atoms with Gasteiger partial charge < -0.3 is 19.7 Å². The Morgan fingerprint density at radius 1 is 1.28 bits per heavy atom. The Balaban J connectivity index is 1.62. The molecule has 0 aromatic heterocycles. The maximum atomic E-state index is 11.7. The second-order valence-corrected chi connectivity index (χ2v) is 7.09. The number of hydrogen-bond donors (Lipinski definition) is 1. The van der Waals surface area contributed by atoms with E-state index in [1.807, 2.05) is 38.1 Å². The fraction of sp³-hybridized carbons (Fsp3) is 0.650. The number of hydrogen-bond acceptors (Lipinski definition) is 4. The Bertz CT molecular complexity index is 516. The second-order valence-electron chi connectivity index (χ2n) is 7.09. The highest BCUT2D eigenvalue weighted by Gasteiger charge is 2.20. The first kappa shape index (κ1) is 19.6. The van der Waals surface area contributed by atoms with Crippen molar-refractivity contribution in [1.29, 1.82) is 0 Å². The van der Waals surface area contributed by atoms with E-state index in [-0.39, 0.29) is 11.8 Å². The molecule has 0 radical (unpaired) electrons. The van der Waals surface area contributed by atoms with Crippen LogP contribution in [-0.4, -0.2) is 50.7 Å². The summed E-state index contributed by atoms with van der Waals surface area (Å²) in [5.74, 6) is 2.52. The first-order valence-electron chi connectivity index (χ1n) is 9.35. The highest BCUT2D eigenvalue weighted by atomic mass is 16.5. The zero-order valence-corrected chi connectivity index (χ0v) is 15.8. The fourth-order valence-electron chi connectivity index (χ4n) is 3.12. The van der Waals surface area contributed by atoms with E-state index in [1.54, 1.807) is 7.11 Å². The van der Waals surface area contributed by atoms with E-state index >= 15 is 0 Å². The van der Waals surface area contributed by atoms with Crippen LogP contribution in [0.5, 0.6) is 11.5 Å². The third-order valence-corrected chi connectivity index (χ3v) is 4.64. The van der Waals surface area contributed by atoms with Crippen molar-refractivity contribution in [3.8, 4) is 11.5 Å². The average molecular weight is 348 g/mol. The van der Waals surface area contributed by atoms with Gasteiger partial charge in [0.05, 0.1) is 13.7 Å². The van der Waals surface area contributed by atoms with E-state index in [9.17, 15) is 4.79 Å². The Morgan fingerprint density at radius 2 is 2.00 bits per heavy atom. The molecule has 1 aromatic carbocycles. The molecule has 1 aliphatic rings. The van der Waals surface area contributed by atoms with Crippen LogP contribution in [0.2, 0.25) is 0 Å². The van der Waals surface area contributed by atoms with Crippen LogP contribution in [0.3, 0.4) is 0 Å². The molecule has 1 heterocycles. The number of carbonyl (C=O) groups is 1. The van der Waals surface area contributed by atoms with Gasteiger partial charge >= 0.3 is 0 Å². The van der Waals surface area contributed by atoms with E-state index in [1.165, 1.54) is 12.8 Å². The summed E-state index contributed by atoms with van der Waals surface area (Å²) >= 11 is 0. The van der Waals surface area contributed by atoms with Gasteiger partial charge in [-0.25, -0.2) is 0 Å². The average Bonchev–Trinajstić information content (AvgIpc) is 2.64. The molecule has 1 aromatic rings. The van der Waals surface area contributed by atoms with E-state index < -0.39 is 0 Å². The van der Waals surface area contributed by atoms with E-state index in [0.29, 0.717) is 5.92 Å². The van der Waals surface area contributed by atoms with Gasteiger partial charge in [-0.05, 0) is 56.0 Å². The van der Waals surface area contributed by atoms with Gasteiger partial charge in [-0.3, -0.25) is 4.79 Å². The van der Waals surface area contributed by atoms with Gasteiger partial charge in [0.25, 0.3) is 0 Å². The van der Waals surface area contributed by atoms with Gasteiger partial charge in [0.15, 0.2) is 0 Å². The summed E-state index contributed by atoms with van der Waals surface area (Å²) in [4.78, 5) is 14.2. The van der Waals surface area contributed by atoms with E-state index in [0.717, 1.165) is 50.7 Å². The van der Waals surface area contributed by atoms with Crippen LogP contribution in [0, 0.1) is 11.8 Å². The van der Waals surface area contributed by atoms with Crippen molar-refractivity contribution in [2.24, 2.45) is 11.8 Å². The standard InChI is InChI=1S/C20H32N2O3/c1-16(2)20(23)21-14-17-6-4-11-22(15-17)12-5-13-25-19-9-7-18(24-3)8-10-19/h7-10,16-17H,4-6,11-15H2,1-3H3,(H,21,23)/t17-/m0/s1. The fourth-order valence-corrected chi connectivity index (χ4v) is 3.12. The van der Waals surface area contributed by atoms with Crippen molar-refractivity contribution in [3.05, 3.63) is 24.3 Å². The van der Waals surface area contributed by atoms with Gasteiger partial charge in [-0.2, -0.15) is 0 Å². The Kier molecular flexibility index (Phi) is 8.06. The van der Waals surface area contributed by atoms with E-state index in [2.05, 4.69) is 10.2 Å². The van der Waals surface area contributed by atoms with Crippen LogP contribution in [0.25, 0.3) is 0 Å². The van der Waals surface area contributed by atoms with Gasteiger partial charge in [0.1, 0.15) is 11.5 Å². The molecule has 25 heavy (non-hydrogen) atoms. The van der Waals surface area contributed by atoms with Crippen molar-refractivity contribution in [2.75, 3.05) is 39.9 Å². The number of rotatable bonds is 9. The van der Waals surface area contributed by atoms with Crippen LogP contribution in [-0.2, 0) is 4.79 Å². The number of ether oxygens (including phenoxy) is 2. The largest absolute Gasteiger partial charge is 0.497 e. The third kappa shape index (κ3) is 6.94. The number of piperidine rings is 1. The topological polar surface area (TPSA) is 50.8 Å². The summed E-state index contributed by atoms with van der Waals surface area (Å²) in [5, 5.41) is 3.07. The minimum absolute atomic E-state index is 0.0646. The zero-order valence-electron chi connectivity index (χ0n) is 15.8. The minimum Gasteiger partial charge on any atom is -0.497 e. The molecule has 1 saturated heterocycles. The molecule has 0 aliphatic carbocycles. The molecule has 1 N–H and O–H groups in total. The molecule has 5 heteroatoms. The Hall–Kier alpha value is -1.75. The molecular formula is C20H32N2O3. The highest BCUT2D eigenvalue weighted by Crippen LogP contribution is 2.18. The van der Waals surface area contributed by atoms with Crippen LogP contribution < -0.4 is 14.8 Å². The summed E-state index contributed by atoms with van der Waals surface area (Å²) < 4.78 is 10.9. The summed E-state index contributed by atoms with van der Waals surface area (Å²) in [6.07, 6.45) is 3.43. The molecule has 0 bridgehead atoms. The summed E-state index contributed by atoms with van der Waals surface area (Å²) in [7, 11) is 1.66. The van der Waals surface area contributed by atoms with Crippen LogP contribution in [0.15, 0.2) is 24.3 Å². The number of methoxy groups -OCH3 is 1. The lowest BCUT2D eigenvalue weighted by Gasteiger charge is -2.32. The summed E-state index contributed by atoms with van der Waals surface area (Å²) in [5.41, 5.74) is 0. The molecule has 0 spiro atoms. The number of nitrogens with zero attached hydrogens (tertiary/aromatic N) is 1. The molecule has 140 valence electrons. The molecule has 5 nitrogen and oxygen atoms in total. The van der Waals surface area contributed by atoms with E-state index in [4.69, 9.17) is 9.47 Å². The van der Waals surface area contributed by atoms with Crippen molar-refractivity contribution in [2.45, 2.75) is 33.1 Å². The maximum Gasteiger partial charge on any atom is 0.222 e. The monoisotopic (exact) mass is 348 g/mol. The lowest BCUT2D eigenvalue weighted by molar-refractivity contribution is -0.124.